The van der Waals surface area contributed by atoms with Crippen molar-refractivity contribution < 1.29 is 14.3 Å². The molecule has 0 unspecified atom stereocenters. The van der Waals surface area contributed by atoms with Gasteiger partial charge in [0, 0.05) is 31.3 Å². The van der Waals surface area contributed by atoms with Crippen LogP contribution in [0.1, 0.15) is 28.8 Å². The second-order valence-electron chi connectivity index (χ2n) is 6.07. The number of methoxy groups -OCH3 is 1. The van der Waals surface area contributed by atoms with Crippen LogP contribution in [0.5, 0.6) is 5.75 Å². The molecule has 0 aliphatic carbocycles. The maximum Gasteiger partial charge on any atom is 0.255 e. The molecule has 6 nitrogen and oxygen atoms in total. The number of ether oxygens (including phenoxy) is 1. The minimum Gasteiger partial charge on any atom is -0.496 e. The Morgan fingerprint density at radius 2 is 2.00 bits per heavy atom. The van der Waals surface area contributed by atoms with Crippen molar-refractivity contribution in [2.45, 2.75) is 19.4 Å². The van der Waals surface area contributed by atoms with Gasteiger partial charge in [0.15, 0.2) is 0 Å². The fraction of sp³-hybridized carbons (Fsp3) is 0.263. The zero-order chi connectivity index (χ0) is 18.7. The molecule has 27 heavy (non-hydrogen) atoms. The summed E-state index contributed by atoms with van der Waals surface area (Å²) in [7, 11) is 1.47. The Balaban J connectivity index is 0.00000261. The van der Waals surface area contributed by atoms with E-state index in [1.807, 2.05) is 24.3 Å². The predicted octanol–water partition coefficient (Wildman–Crippen LogP) is 3.41. The lowest BCUT2D eigenvalue weighted by atomic mass is 10.1. The molecule has 8 heteroatoms. The van der Waals surface area contributed by atoms with Crippen LogP contribution in [-0.4, -0.2) is 25.5 Å². The normalized spacial score (nSPS) is 13.3. The summed E-state index contributed by atoms with van der Waals surface area (Å²) in [6.45, 7) is 1.10. The Bertz CT molecular complexity index is 841. The number of nitrogens with zero attached hydrogens (tertiary/aromatic N) is 1. The number of hydrogen-bond donors (Lipinski definition) is 2. The molecule has 144 valence electrons. The number of carbonyl (C=O) groups is 2. The lowest BCUT2D eigenvalue weighted by Crippen LogP contribution is -2.24. The average Bonchev–Trinajstić information content (AvgIpc) is 3.08. The van der Waals surface area contributed by atoms with E-state index in [9.17, 15) is 9.59 Å². The second-order valence-corrected chi connectivity index (χ2v) is 6.48. The number of amides is 2. The molecule has 1 aliphatic rings. The van der Waals surface area contributed by atoms with E-state index in [0.29, 0.717) is 35.0 Å². The molecule has 2 aromatic rings. The van der Waals surface area contributed by atoms with Gasteiger partial charge < -0.3 is 20.7 Å². The number of carbonyl (C=O) groups excluding carboxylic acids is 2. The van der Waals surface area contributed by atoms with E-state index in [2.05, 4.69) is 5.32 Å². The van der Waals surface area contributed by atoms with Gasteiger partial charge in [0.25, 0.3) is 5.91 Å². The monoisotopic (exact) mass is 409 g/mol. The molecule has 3 rings (SSSR count). The minimum atomic E-state index is -0.303. The maximum atomic E-state index is 12.4. The first-order valence-electron chi connectivity index (χ1n) is 8.30. The molecule has 2 amide bonds. The molecular weight excluding hydrogens is 389 g/mol. The number of hydrogen-bond acceptors (Lipinski definition) is 4. The topological polar surface area (TPSA) is 84.7 Å². The van der Waals surface area contributed by atoms with Gasteiger partial charge in [-0.05, 0) is 30.2 Å². The molecule has 2 aromatic carbocycles. The Kier molecular flexibility index (Phi) is 6.93. The summed E-state index contributed by atoms with van der Waals surface area (Å²) in [4.78, 5) is 26.0. The molecule has 1 aliphatic heterocycles. The minimum absolute atomic E-state index is 0. The Hall–Kier alpha value is -2.44. The van der Waals surface area contributed by atoms with Crippen LogP contribution >= 0.6 is 24.0 Å². The van der Waals surface area contributed by atoms with Crippen LogP contribution in [0, 0.1) is 0 Å². The smallest absolute Gasteiger partial charge is 0.255 e. The zero-order valence-electron chi connectivity index (χ0n) is 14.8. The molecule has 0 aromatic heterocycles. The molecule has 0 saturated carbocycles. The van der Waals surface area contributed by atoms with Gasteiger partial charge in [-0.3, -0.25) is 9.59 Å². The Labute approximate surface area is 169 Å². The van der Waals surface area contributed by atoms with E-state index in [1.165, 1.54) is 19.2 Å². The van der Waals surface area contributed by atoms with Crippen LogP contribution in [0.15, 0.2) is 36.4 Å². The molecular formula is C19H21Cl2N3O3. The highest BCUT2D eigenvalue weighted by Crippen LogP contribution is 2.29. The van der Waals surface area contributed by atoms with Crippen LogP contribution in [0.2, 0.25) is 5.02 Å². The quantitative estimate of drug-likeness (QED) is 0.740. The van der Waals surface area contributed by atoms with Crippen LogP contribution in [-0.2, 0) is 11.3 Å². The van der Waals surface area contributed by atoms with E-state index in [0.717, 1.165) is 24.2 Å². The van der Waals surface area contributed by atoms with Crippen molar-refractivity contribution >= 4 is 47.2 Å². The molecule has 1 fully saturated rings. The summed E-state index contributed by atoms with van der Waals surface area (Å²) in [6.07, 6.45) is 1.49. The molecule has 0 spiro atoms. The highest BCUT2D eigenvalue weighted by molar-refractivity contribution is 6.33. The van der Waals surface area contributed by atoms with Crippen molar-refractivity contribution in [1.82, 2.24) is 5.32 Å². The lowest BCUT2D eigenvalue weighted by molar-refractivity contribution is -0.117. The van der Waals surface area contributed by atoms with Crippen molar-refractivity contribution in [3.05, 3.63) is 52.5 Å². The number of nitrogens with one attached hydrogen (secondary N) is 1. The Morgan fingerprint density at radius 1 is 1.30 bits per heavy atom. The molecule has 1 heterocycles. The average molecular weight is 410 g/mol. The molecule has 0 radical (unpaired) electrons. The number of nitrogens with two attached hydrogens (primary N) is 1. The van der Waals surface area contributed by atoms with E-state index in [-0.39, 0.29) is 24.2 Å². The van der Waals surface area contributed by atoms with Gasteiger partial charge in [0.2, 0.25) is 5.91 Å². The van der Waals surface area contributed by atoms with Crippen molar-refractivity contribution in [2.75, 3.05) is 24.3 Å². The van der Waals surface area contributed by atoms with Crippen LogP contribution in [0.3, 0.4) is 0 Å². The summed E-state index contributed by atoms with van der Waals surface area (Å²) in [5.74, 6) is 0.216. The number of rotatable bonds is 5. The van der Waals surface area contributed by atoms with Crippen molar-refractivity contribution in [1.29, 1.82) is 0 Å². The van der Waals surface area contributed by atoms with E-state index < -0.39 is 0 Å². The second kappa shape index (κ2) is 8.97. The summed E-state index contributed by atoms with van der Waals surface area (Å²) in [5.41, 5.74) is 8.22. The number of anilines is 2. The third kappa shape index (κ3) is 4.64. The van der Waals surface area contributed by atoms with Gasteiger partial charge in [-0.15, -0.1) is 12.4 Å². The number of benzene rings is 2. The van der Waals surface area contributed by atoms with Crippen LogP contribution in [0.25, 0.3) is 0 Å². The highest BCUT2D eigenvalue weighted by Gasteiger charge is 2.21. The van der Waals surface area contributed by atoms with E-state index in [4.69, 9.17) is 22.1 Å². The highest BCUT2D eigenvalue weighted by atomic mass is 35.5. The van der Waals surface area contributed by atoms with Gasteiger partial charge >= 0.3 is 0 Å². The first-order chi connectivity index (χ1) is 12.5. The summed E-state index contributed by atoms with van der Waals surface area (Å²) in [6, 6.07) is 10.6. The summed E-state index contributed by atoms with van der Waals surface area (Å²) >= 11 is 6.00. The fourth-order valence-electron chi connectivity index (χ4n) is 2.91. The number of halogens is 2. The molecule has 1 saturated heterocycles. The first kappa shape index (κ1) is 20.9. The van der Waals surface area contributed by atoms with Crippen molar-refractivity contribution in [3.63, 3.8) is 0 Å². The van der Waals surface area contributed by atoms with Crippen LogP contribution in [0.4, 0.5) is 11.4 Å². The van der Waals surface area contributed by atoms with Gasteiger partial charge in [-0.1, -0.05) is 23.7 Å². The fourth-order valence-corrected chi connectivity index (χ4v) is 3.07. The third-order valence-corrected chi connectivity index (χ3v) is 4.67. The Morgan fingerprint density at radius 3 is 2.59 bits per heavy atom. The molecule has 0 atom stereocenters. The third-order valence-electron chi connectivity index (χ3n) is 4.34. The van der Waals surface area contributed by atoms with Gasteiger partial charge in [-0.25, -0.2) is 0 Å². The number of nitrogen functional groups attached to an aromatic ring is 1. The zero-order valence-corrected chi connectivity index (χ0v) is 16.4. The SMILES string of the molecule is COc1cc(N)c(Cl)cc1C(=O)NCc1ccc(N2CCCC2=O)cc1.Cl. The lowest BCUT2D eigenvalue weighted by Gasteiger charge is -2.16. The van der Waals surface area contributed by atoms with E-state index in [1.54, 1.807) is 4.90 Å². The largest absolute Gasteiger partial charge is 0.496 e. The molecule has 3 N–H and O–H groups in total. The predicted molar refractivity (Wildman–Crippen MR) is 109 cm³/mol. The van der Waals surface area contributed by atoms with Gasteiger partial charge in [-0.2, -0.15) is 0 Å². The summed E-state index contributed by atoms with van der Waals surface area (Å²) < 4.78 is 5.20. The summed E-state index contributed by atoms with van der Waals surface area (Å²) in [5, 5.41) is 3.14. The maximum absolute atomic E-state index is 12.4. The van der Waals surface area contributed by atoms with Crippen molar-refractivity contribution in [3.8, 4) is 5.75 Å². The van der Waals surface area contributed by atoms with Crippen molar-refractivity contribution in [2.24, 2.45) is 0 Å². The first-order valence-corrected chi connectivity index (χ1v) is 8.68. The van der Waals surface area contributed by atoms with Gasteiger partial charge in [0.05, 0.1) is 23.4 Å². The standard InChI is InChI=1S/C19H20ClN3O3.ClH/c1-26-17-10-16(21)15(20)9-14(17)19(25)22-11-12-4-6-13(7-5-12)23-8-2-3-18(23)24;/h4-7,9-10H,2-3,8,11,21H2,1H3,(H,22,25);1H. The molecule has 0 bridgehead atoms. The van der Waals surface area contributed by atoms with E-state index >= 15 is 0 Å². The van der Waals surface area contributed by atoms with Gasteiger partial charge in [0.1, 0.15) is 5.75 Å². The van der Waals surface area contributed by atoms with Crippen LogP contribution < -0.4 is 20.7 Å².